The summed E-state index contributed by atoms with van der Waals surface area (Å²) in [7, 11) is 3.90. The topological polar surface area (TPSA) is 96.2 Å². The van der Waals surface area contributed by atoms with Crippen LogP contribution in [0.2, 0.25) is 0 Å². The highest BCUT2D eigenvalue weighted by Gasteiger charge is 2.15. The van der Waals surface area contributed by atoms with Crippen LogP contribution in [-0.4, -0.2) is 41.1 Å². The zero-order chi connectivity index (χ0) is 15.4. The lowest BCUT2D eigenvalue weighted by Crippen LogP contribution is -2.38. The molecule has 0 aromatic carbocycles. The number of aromatic nitrogens is 2. The number of hydrogen-bond acceptors (Lipinski definition) is 5. The average molecular weight is 283 g/mol. The molecular weight excluding hydrogens is 258 g/mol. The van der Waals surface area contributed by atoms with Crippen molar-refractivity contribution in [1.29, 1.82) is 0 Å². The van der Waals surface area contributed by atoms with Crippen LogP contribution in [0.15, 0.2) is 9.59 Å². The van der Waals surface area contributed by atoms with E-state index < -0.39 is 11.2 Å². The van der Waals surface area contributed by atoms with Gasteiger partial charge in [0, 0.05) is 19.1 Å². The summed E-state index contributed by atoms with van der Waals surface area (Å²) in [5.74, 6) is 0.450. The highest BCUT2D eigenvalue weighted by molar-refractivity contribution is 5.60. The molecule has 1 aromatic heterocycles. The highest BCUT2D eigenvalue weighted by Crippen LogP contribution is 2.13. The Labute approximate surface area is 118 Å². The fourth-order valence-corrected chi connectivity index (χ4v) is 2.11. The van der Waals surface area contributed by atoms with Gasteiger partial charge in [-0.25, -0.2) is 4.79 Å². The largest absolute Gasteiger partial charge is 0.383 e. The van der Waals surface area contributed by atoms with Gasteiger partial charge in [0.15, 0.2) is 0 Å². The Morgan fingerprint density at radius 3 is 2.40 bits per heavy atom. The Hall–Kier alpha value is -1.76. The number of anilines is 2. The zero-order valence-electron chi connectivity index (χ0n) is 12.9. The minimum atomic E-state index is -0.474. The van der Waals surface area contributed by atoms with Crippen LogP contribution in [0.5, 0.6) is 0 Å². The number of hydrogen-bond donors (Lipinski definition) is 3. The second-order valence-electron chi connectivity index (χ2n) is 5.83. The summed E-state index contributed by atoms with van der Waals surface area (Å²) in [5, 5.41) is 3.08. The molecule has 0 saturated carbocycles. The van der Waals surface area contributed by atoms with Crippen LogP contribution in [0, 0.1) is 5.92 Å². The standard InChI is InChI=1S/C13H25N5O2/c1-8(2)6-18-11(14)10(12(19)16-13(18)20)15-9(3)7-17(4)5/h8-9,15H,6-7,14H2,1-5H3,(H,16,19,20). The number of nitrogens with zero attached hydrogens (tertiary/aromatic N) is 2. The van der Waals surface area contributed by atoms with E-state index >= 15 is 0 Å². The molecule has 0 spiro atoms. The number of nitrogens with one attached hydrogen (secondary N) is 2. The van der Waals surface area contributed by atoms with Crippen LogP contribution in [0.1, 0.15) is 20.8 Å². The maximum atomic E-state index is 11.9. The Kier molecular flexibility index (Phi) is 5.38. The molecule has 0 aliphatic carbocycles. The lowest BCUT2D eigenvalue weighted by molar-refractivity contribution is 0.392. The van der Waals surface area contributed by atoms with Crippen molar-refractivity contribution in [3.63, 3.8) is 0 Å². The second kappa shape index (κ2) is 6.60. The Morgan fingerprint density at radius 1 is 1.30 bits per heavy atom. The van der Waals surface area contributed by atoms with Gasteiger partial charge in [-0.2, -0.15) is 0 Å². The van der Waals surface area contributed by atoms with Crippen molar-refractivity contribution in [3.8, 4) is 0 Å². The van der Waals surface area contributed by atoms with Crippen LogP contribution in [0.3, 0.4) is 0 Å². The fraction of sp³-hybridized carbons (Fsp3) is 0.692. The molecule has 0 radical (unpaired) electrons. The van der Waals surface area contributed by atoms with Crippen molar-refractivity contribution in [2.24, 2.45) is 5.92 Å². The predicted octanol–water partition coefficient (Wildman–Crippen LogP) is 0.137. The zero-order valence-corrected chi connectivity index (χ0v) is 12.9. The molecule has 1 atom stereocenters. The van der Waals surface area contributed by atoms with Crippen molar-refractivity contribution in [1.82, 2.24) is 14.5 Å². The van der Waals surface area contributed by atoms with Gasteiger partial charge in [0.05, 0.1) is 0 Å². The van der Waals surface area contributed by atoms with Gasteiger partial charge in [-0.05, 0) is 26.9 Å². The molecular formula is C13H25N5O2. The van der Waals surface area contributed by atoms with E-state index in [-0.39, 0.29) is 23.5 Å². The molecule has 0 aliphatic heterocycles. The van der Waals surface area contributed by atoms with Gasteiger partial charge in [0.2, 0.25) is 0 Å². The van der Waals surface area contributed by atoms with E-state index in [0.29, 0.717) is 6.54 Å². The molecule has 0 amide bonds. The van der Waals surface area contributed by atoms with Gasteiger partial charge in [-0.15, -0.1) is 0 Å². The minimum absolute atomic E-state index is 0.0402. The van der Waals surface area contributed by atoms with Crippen molar-refractivity contribution in [2.45, 2.75) is 33.4 Å². The summed E-state index contributed by atoms with van der Waals surface area (Å²) in [6, 6.07) is 0.0402. The summed E-state index contributed by atoms with van der Waals surface area (Å²) in [6.45, 7) is 7.15. The Balaban J connectivity index is 3.13. The number of rotatable bonds is 6. The molecule has 7 heteroatoms. The van der Waals surface area contributed by atoms with Crippen molar-refractivity contribution in [3.05, 3.63) is 20.8 Å². The smallest absolute Gasteiger partial charge is 0.330 e. The van der Waals surface area contributed by atoms with E-state index in [1.165, 1.54) is 4.57 Å². The Bertz CT molecular complexity index is 559. The van der Waals surface area contributed by atoms with Crippen LogP contribution in [-0.2, 0) is 6.54 Å². The van der Waals surface area contributed by atoms with Crippen LogP contribution in [0.4, 0.5) is 11.5 Å². The van der Waals surface area contributed by atoms with Gasteiger partial charge in [0.1, 0.15) is 11.5 Å². The normalized spacial score (nSPS) is 12.9. The maximum Gasteiger partial charge on any atom is 0.330 e. The molecule has 1 heterocycles. The molecule has 1 unspecified atom stereocenters. The van der Waals surface area contributed by atoms with E-state index in [1.54, 1.807) is 0 Å². The highest BCUT2D eigenvalue weighted by atomic mass is 16.2. The van der Waals surface area contributed by atoms with Crippen LogP contribution >= 0.6 is 0 Å². The summed E-state index contributed by atoms with van der Waals surface area (Å²) < 4.78 is 1.40. The number of H-pyrrole nitrogens is 1. The molecule has 114 valence electrons. The summed E-state index contributed by atoms with van der Waals surface area (Å²) in [4.78, 5) is 28.0. The van der Waals surface area contributed by atoms with E-state index in [1.807, 2.05) is 39.8 Å². The van der Waals surface area contributed by atoms with Crippen LogP contribution in [0.25, 0.3) is 0 Å². The van der Waals surface area contributed by atoms with E-state index in [9.17, 15) is 9.59 Å². The number of nitrogens with two attached hydrogens (primary N) is 1. The monoisotopic (exact) mass is 283 g/mol. The third-order valence-corrected chi connectivity index (χ3v) is 2.82. The average Bonchev–Trinajstić information content (AvgIpc) is 2.29. The third-order valence-electron chi connectivity index (χ3n) is 2.82. The molecule has 1 rings (SSSR count). The van der Waals surface area contributed by atoms with Gasteiger partial charge in [-0.3, -0.25) is 14.3 Å². The quantitative estimate of drug-likeness (QED) is 0.690. The summed E-state index contributed by atoms with van der Waals surface area (Å²) in [5.41, 5.74) is 5.30. The first-order valence-electron chi connectivity index (χ1n) is 6.76. The minimum Gasteiger partial charge on any atom is -0.383 e. The first-order valence-corrected chi connectivity index (χ1v) is 6.76. The SMILES string of the molecule is CC(C)Cn1c(N)c(NC(C)CN(C)C)c(=O)[nH]c1=O. The van der Waals surface area contributed by atoms with E-state index in [4.69, 9.17) is 5.73 Å². The molecule has 20 heavy (non-hydrogen) atoms. The van der Waals surface area contributed by atoms with Crippen molar-refractivity contribution >= 4 is 11.5 Å². The van der Waals surface area contributed by atoms with Gasteiger partial charge in [-0.1, -0.05) is 13.8 Å². The van der Waals surface area contributed by atoms with E-state index in [0.717, 1.165) is 6.54 Å². The Morgan fingerprint density at radius 2 is 1.90 bits per heavy atom. The molecule has 1 aromatic rings. The number of likely N-dealkylation sites (N-methyl/N-ethyl adjacent to an activating group) is 1. The lowest BCUT2D eigenvalue weighted by Gasteiger charge is -2.21. The van der Waals surface area contributed by atoms with Gasteiger partial charge in [0.25, 0.3) is 5.56 Å². The van der Waals surface area contributed by atoms with Crippen molar-refractivity contribution in [2.75, 3.05) is 31.7 Å². The third kappa shape index (κ3) is 4.12. The molecule has 0 bridgehead atoms. The van der Waals surface area contributed by atoms with Gasteiger partial charge < -0.3 is 16.0 Å². The first kappa shape index (κ1) is 16.3. The van der Waals surface area contributed by atoms with Crippen molar-refractivity contribution < 1.29 is 0 Å². The van der Waals surface area contributed by atoms with E-state index in [2.05, 4.69) is 10.3 Å². The van der Waals surface area contributed by atoms with Gasteiger partial charge >= 0.3 is 5.69 Å². The summed E-state index contributed by atoms with van der Waals surface area (Å²) in [6.07, 6.45) is 0. The second-order valence-corrected chi connectivity index (χ2v) is 5.83. The predicted molar refractivity (Wildman–Crippen MR) is 82.2 cm³/mol. The molecule has 0 fully saturated rings. The molecule has 7 nitrogen and oxygen atoms in total. The summed E-state index contributed by atoms with van der Waals surface area (Å²) >= 11 is 0. The number of aromatic amines is 1. The molecule has 4 N–H and O–H groups in total. The molecule has 0 aliphatic rings. The molecule has 0 saturated heterocycles. The first-order chi connectivity index (χ1) is 9.22. The van der Waals surface area contributed by atoms with Crippen LogP contribution < -0.4 is 22.3 Å². The fourth-order valence-electron chi connectivity index (χ4n) is 2.11. The lowest BCUT2D eigenvalue weighted by atomic mass is 10.2. The number of nitrogen functional groups attached to an aromatic ring is 1. The maximum absolute atomic E-state index is 11.9.